The minimum atomic E-state index is 0.177. The van der Waals surface area contributed by atoms with Crippen molar-refractivity contribution >= 4 is 5.91 Å². The zero-order valence-electron chi connectivity index (χ0n) is 9.49. The molecule has 3 heteroatoms. The Morgan fingerprint density at radius 3 is 2.71 bits per heavy atom. The van der Waals surface area contributed by atoms with Crippen molar-refractivity contribution in [1.29, 1.82) is 0 Å². The number of amides is 1. The molecule has 1 rings (SSSR count). The van der Waals surface area contributed by atoms with Crippen LogP contribution in [0.25, 0.3) is 0 Å². The van der Waals surface area contributed by atoms with Gasteiger partial charge < -0.3 is 10.6 Å². The van der Waals surface area contributed by atoms with E-state index in [2.05, 4.69) is 6.92 Å². The summed E-state index contributed by atoms with van der Waals surface area (Å²) in [6, 6.07) is 0.450. The van der Waals surface area contributed by atoms with Crippen LogP contribution >= 0.6 is 0 Å². The van der Waals surface area contributed by atoms with Crippen LogP contribution in [0.2, 0.25) is 0 Å². The molecule has 82 valence electrons. The number of hydrogen-bond donors (Lipinski definition) is 1. The summed E-state index contributed by atoms with van der Waals surface area (Å²) in [5.41, 5.74) is 5.65. The Morgan fingerprint density at radius 2 is 2.21 bits per heavy atom. The molecular formula is C11H22N2O. The molecule has 1 fully saturated rings. The van der Waals surface area contributed by atoms with Gasteiger partial charge in [-0.15, -0.1) is 0 Å². The summed E-state index contributed by atoms with van der Waals surface area (Å²) < 4.78 is 0. The normalized spacial score (nSPS) is 28.9. The molecule has 0 radical (unpaired) electrons. The number of carbonyl (C=O) groups is 1. The molecule has 0 saturated heterocycles. The highest BCUT2D eigenvalue weighted by molar-refractivity contribution is 5.73. The maximum absolute atomic E-state index is 11.2. The van der Waals surface area contributed by atoms with Gasteiger partial charge in [-0.05, 0) is 37.6 Å². The van der Waals surface area contributed by atoms with E-state index in [1.165, 1.54) is 6.42 Å². The fraction of sp³-hybridized carbons (Fsp3) is 0.909. The van der Waals surface area contributed by atoms with Gasteiger partial charge in [0.2, 0.25) is 5.91 Å². The average molecular weight is 198 g/mol. The number of nitrogens with zero attached hydrogens (tertiary/aromatic N) is 1. The Kier molecular flexibility index (Phi) is 3.93. The molecule has 0 heterocycles. The van der Waals surface area contributed by atoms with Gasteiger partial charge in [0.15, 0.2) is 0 Å². The third-order valence-electron chi connectivity index (χ3n) is 3.67. The topological polar surface area (TPSA) is 46.3 Å². The zero-order valence-corrected chi connectivity index (χ0v) is 9.49. The first-order chi connectivity index (χ1) is 6.56. The van der Waals surface area contributed by atoms with E-state index in [9.17, 15) is 4.79 Å². The Bertz CT molecular complexity index is 205. The second-order valence-electron chi connectivity index (χ2n) is 4.57. The predicted octanol–water partition coefficient (Wildman–Crippen LogP) is 1.23. The molecule has 1 saturated carbocycles. The van der Waals surface area contributed by atoms with Crippen LogP contribution in [0.15, 0.2) is 0 Å². The highest BCUT2D eigenvalue weighted by Crippen LogP contribution is 2.33. The van der Waals surface area contributed by atoms with Crippen LogP contribution in [0.1, 0.15) is 33.1 Å². The Balaban J connectivity index is 2.44. The van der Waals surface area contributed by atoms with Crippen molar-refractivity contribution in [1.82, 2.24) is 4.90 Å². The second kappa shape index (κ2) is 4.78. The quantitative estimate of drug-likeness (QED) is 0.741. The van der Waals surface area contributed by atoms with E-state index >= 15 is 0 Å². The van der Waals surface area contributed by atoms with E-state index in [4.69, 9.17) is 5.73 Å². The number of carbonyl (C=O) groups excluding carboxylic acids is 1. The molecule has 14 heavy (non-hydrogen) atoms. The van der Waals surface area contributed by atoms with Crippen LogP contribution < -0.4 is 5.73 Å². The van der Waals surface area contributed by atoms with Crippen LogP contribution in [-0.4, -0.2) is 30.4 Å². The number of hydrogen-bond acceptors (Lipinski definition) is 2. The molecule has 0 spiro atoms. The van der Waals surface area contributed by atoms with Gasteiger partial charge in [-0.3, -0.25) is 4.79 Å². The van der Waals surface area contributed by atoms with Crippen LogP contribution in [-0.2, 0) is 4.79 Å². The van der Waals surface area contributed by atoms with E-state index < -0.39 is 0 Å². The smallest absolute Gasteiger partial charge is 0.219 e. The molecule has 0 bridgehead atoms. The Labute approximate surface area is 86.6 Å². The third-order valence-corrected chi connectivity index (χ3v) is 3.67. The fourth-order valence-corrected chi connectivity index (χ4v) is 2.31. The molecule has 0 aromatic carbocycles. The zero-order chi connectivity index (χ0) is 10.7. The van der Waals surface area contributed by atoms with Crippen molar-refractivity contribution in [3.05, 3.63) is 0 Å². The van der Waals surface area contributed by atoms with Crippen LogP contribution in [0.4, 0.5) is 0 Å². The molecule has 0 aliphatic heterocycles. The summed E-state index contributed by atoms with van der Waals surface area (Å²) in [4.78, 5) is 13.1. The van der Waals surface area contributed by atoms with Gasteiger partial charge in [0, 0.05) is 20.0 Å². The summed E-state index contributed by atoms with van der Waals surface area (Å²) in [5, 5.41) is 0. The van der Waals surface area contributed by atoms with E-state index in [1.54, 1.807) is 6.92 Å². The number of rotatable bonds is 3. The first-order valence-electron chi connectivity index (χ1n) is 5.49. The molecule has 1 aliphatic rings. The van der Waals surface area contributed by atoms with Crippen molar-refractivity contribution in [3.8, 4) is 0 Å². The number of nitrogens with two attached hydrogens (primary N) is 1. The first kappa shape index (κ1) is 11.5. The van der Waals surface area contributed by atoms with Crippen molar-refractivity contribution in [2.45, 2.75) is 39.2 Å². The molecule has 1 amide bonds. The summed E-state index contributed by atoms with van der Waals surface area (Å²) in [6.45, 7) is 4.61. The van der Waals surface area contributed by atoms with Crippen LogP contribution in [0, 0.1) is 11.8 Å². The Hall–Kier alpha value is -0.570. The monoisotopic (exact) mass is 198 g/mol. The van der Waals surface area contributed by atoms with Crippen LogP contribution in [0.3, 0.4) is 0 Å². The molecule has 3 unspecified atom stereocenters. The lowest BCUT2D eigenvalue weighted by atomic mass is 9.92. The summed E-state index contributed by atoms with van der Waals surface area (Å²) >= 11 is 0. The Morgan fingerprint density at radius 1 is 1.57 bits per heavy atom. The average Bonchev–Trinajstić information content (AvgIpc) is 2.64. The molecule has 3 atom stereocenters. The fourth-order valence-electron chi connectivity index (χ4n) is 2.31. The lowest BCUT2D eigenvalue weighted by Crippen LogP contribution is -2.34. The van der Waals surface area contributed by atoms with Gasteiger partial charge in [0.1, 0.15) is 0 Å². The van der Waals surface area contributed by atoms with Crippen molar-refractivity contribution in [2.24, 2.45) is 17.6 Å². The van der Waals surface area contributed by atoms with Gasteiger partial charge >= 0.3 is 0 Å². The largest absolute Gasteiger partial charge is 0.343 e. The molecule has 3 nitrogen and oxygen atoms in total. The highest BCUT2D eigenvalue weighted by Gasteiger charge is 2.30. The molecule has 0 aromatic heterocycles. The lowest BCUT2D eigenvalue weighted by molar-refractivity contribution is -0.129. The molecule has 2 N–H and O–H groups in total. The van der Waals surface area contributed by atoms with Gasteiger partial charge in [-0.25, -0.2) is 0 Å². The maximum atomic E-state index is 11.2. The maximum Gasteiger partial charge on any atom is 0.219 e. The minimum Gasteiger partial charge on any atom is -0.343 e. The highest BCUT2D eigenvalue weighted by atomic mass is 16.2. The van der Waals surface area contributed by atoms with Crippen molar-refractivity contribution < 1.29 is 4.79 Å². The van der Waals surface area contributed by atoms with Crippen molar-refractivity contribution in [3.63, 3.8) is 0 Å². The standard InChI is InChI=1S/C11H22N2O/c1-8(7-12)10-4-5-11(6-10)13(3)9(2)14/h8,10-11H,4-7,12H2,1-3H3. The third kappa shape index (κ3) is 2.47. The molecular weight excluding hydrogens is 176 g/mol. The SMILES string of the molecule is CC(=O)N(C)C1CCC(C(C)CN)C1. The minimum absolute atomic E-state index is 0.177. The molecule has 1 aliphatic carbocycles. The second-order valence-corrected chi connectivity index (χ2v) is 4.57. The van der Waals surface area contributed by atoms with Gasteiger partial charge in [0.25, 0.3) is 0 Å². The lowest BCUT2D eigenvalue weighted by Gasteiger charge is -2.24. The van der Waals surface area contributed by atoms with E-state index in [0.717, 1.165) is 19.4 Å². The predicted molar refractivity (Wildman–Crippen MR) is 57.8 cm³/mol. The van der Waals surface area contributed by atoms with Crippen molar-refractivity contribution in [2.75, 3.05) is 13.6 Å². The van der Waals surface area contributed by atoms with Gasteiger partial charge in [0.05, 0.1) is 0 Å². The summed E-state index contributed by atoms with van der Waals surface area (Å²) in [5.74, 6) is 1.49. The summed E-state index contributed by atoms with van der Waals surface area (Å²) in [7, 11) is 1.91. The first-order valence-corrected chi connectivity index (χ1v) is 5.49. The van der Waals surface area contributed by atoms with E-state index in [1.807, 2.05) is 11.9 Å². The van der Waals surface area contributed by atoms with E-state index in [0.29, 0.717) is 17.9 Å². The molecule has 0 aromatic rings. The van der Waals surface area contributed by atoms with E-state index in [-0.39, 0.29) is 5.91 Å². The van der Waals surface area contributed by atoms with Gasteiger partial charge in [-0.2, -0.15) is 0 Å². The summed E-state index contributed by atoms with van der Waals surface area (Å²) in [6.07, 6.45) is 3.50. The van der Waals surface area contributed by atoms with Crippen LogP contribution in [0.5, 0.6) is 0 Å². The van der Waals surface area contributed by atoms with Gasteiger partial charge in [-0.1, -0.05) is 6.92 Å².